The van der Waals surface area contributed by atoms with Crippen LogP contribution in [0.1, 0.15) is 28.8 Å². The SMILES string of the molecule is Cc1ccc(S(=O)(=O)NC2CC2)cc1C(=O)Nc1ccc2oc(=O)n(CCN(C)C)c2c1. The standard InChI is InChI=1S/C22H26N4O5S/c1-14-4-8-17(32(29,30)24-15-5-6-15)13-18(14)21(27)23-16-7-9-20-19(12-16)26(22(28)31-20)11-10-25(2)3/h4,7-9,12-13,15,24H,5-6,10-11H2,1-3H3,(H,23,27). The van der Waals surface area contributed by atoms with Crippen LogP contribution in [0.3, 0.4) is 0 Å². The normalized spacial score (nSPS) is 14.2. The van der Waals surface area contributed by atoms with Crippen molar-refractivity contribution in [2.75, 3.05) is 26.0 Å². The molecule has 0 bridgehead atoms. The van der Waals surface area contributed by atoms with Gasteiger partial charge in [0.2, 0.25) is 10.0 Å². The van der Waals surface area contributed by atoms with E-state index >= 15 is 0 Å². The molecule has 4 rings (SSSR count). The molecule has 10 heteroatoms. The Morgan fingerprint density at radius 1 is 1.19 bits per heavy atom. The number of carbonyl (C=O) groups is 1. The van der Waals surface area contributed by atoms with E-state index in [1.807, 2.05) is 19.0 Å². The van der Waals surface area contributed by atoms with Crippen molar-refractivity contribution in [2.24, 2.45) is 0 Å². The molecule has 0 aliphatic heterocycles. The summed E-state index contributed by atoms with van der Waals surface area (Å²) in [6, 6.07) is 9.43. The van der Waals surface area contributed by atoms with Crippen LogP contribution in [-0.2, 0) is 16.6 Å². The molecule has 2 aromatic carbocycles. The molecule has 32 heavy (non-hydrogen) atoms. The third-order valence-electron chi connectivity index (χ3n) is 5.36. The van der Waals surface area contributed by atoms with Gasteiger partial charge in [-0.3, -0.25) is 9.36 Å². The number of likely N-dealkylation sites (N-methyl/N-ethyl adjacent to an activating group) is 1. The molecule has 0 unspecified atom stereocenters. The van der Waals surface area contributed by atoms with Gasteiger partial charge in [-0.05, 0) is 69.8 Å². The number of amides is 1. The lowest BCUT2D eigenvalue weighted by Gasteiger charge is -2.12. The van der Waals surface area contributed by atoms with Crippen molar-refractivity contribution in [3.05, 3.63) is 58.1 Å². The number of oxazole rings is 1. The molecule has 0 spiro atoms. The Morgan fingerprint density at radius 3 is 2.62 bits per heavy atom. The average molecular weight is 459 g/mol. The Morgan fingerprint density at radius 2 is 1.94 bits per heavy atom. The second-order valence-corrected chi connectivity index (χ2v) is 10.0. The van der Waals surface area contributed by atoms with E-state index in [9.17, 15) is 18.0 Å². The van der Waals surface area contributed by atoms with E-state index in [4.69, 9.17) is 4.42 Å². The van der Waals surface area contributed by atoms with E-state index < -0.39 is 21.7 Å². The number of rotatable bonds is 8. The molecule has 1 aliphatic rings. The van der Waals surface area contributed by atoms with Crippen LogP contribution in [0.15, 0.2) is 50.5 Å². The summed E-state index contributed by atoms with van der Waals surface area (Å²) in [7, 11) is 0.153. The highest BCUT2D eigenvalue weighted by atomic mass is 32.2. The largest absolute Gasteiger partial charge is 0.419 e. The van der Waals surface area contributed by atoms with E-state index in [2.05, 4.69) is 10.0 Å². The van der Waals surface area contributed by atoms with Gasteiger partial charge >= 0.3 is 5.76 Å². The lowest BCUT2D eigenvalue weighted by Crippen LogP contribution is -2.26. The summed E-state index contributed by atoms with van der Waals surface area (Å²) in [5.41, 5.74) is 2.41. The van der Waals surface area contributed by atoms with Gasteiger partial charge in [-0.25, -0.2) is 17.9 Å². The molecule has 1 heterocycles. The Kier molecular flexibility index (Phi) is 5.93. The van der Waals surface area contributed by atoms with Crippen molar-refractivity contribution in [1.29, 1.82) is 0 Å². The van der Waals surface area contributed by atoms with Crippen LogP contribution in [0.2, 0.25) is 0 Å². The highest BCUT2D eigenvalue weighted by molar-refractivity contribution is 7.89. The van der Waals surface area contributed by atoms with Gasteiger partial charge in [0, 0.05) is 30.4 Å². The fraction of sp³-hybridized carbons (Fsp3) is 0.364. The minimum absolute atomic E-state index is 0.0228. The van der Waals surface area contributed by atoms with E-state index in [0.717, 1.165) is 12.8 Å². The van der Waals surface area contributed by atoms with Crippen molar-refractivity contribution >= 4 is 32.7 Å². The number of nitrogens with one attached hydrogen (secondary N) is 2. The van der Waals surface area contributed by atoms with Crippen LogP contribution in [-0.4, -0.2) is 50.5 Å². The second-order valence-electron chi connectivity index (χ2n) is 8.33. The van der Waals surface area contributed by atoms with Gasteiger partial charge in [0.25, 0.3) is 5.91 Å². The van der Waals surface area contributed by atoms with Crippen LogP contribution >= 0.6 is 0 Å². The van der Waals surface area contributed by atoms with Crippen LogP contribution < -0.4 is 15.8 Å². The summed E-state index contributed by atoms with van der Waals surface area (Å²) < 4.78 is 34.5. The fourth-order valence-electron chi connectivity index (χ4n) is 3.35. The van der Waals surface area contributed by atoms with Crippen molar-refractivity contribution in [2.45, 2.75) is 37.2 Å². The zero-order valence-electron chi connectivity index (χ0n) is 18.2. The maximum Gasteiger partial charge on any atom is 0.419 e. The fourth-order valence-corrected chi connectivity index (χ4v) is 4.68. The zero-order valence-corrected chi connectivity index (χ0v) is 19.0. The topological polar surface area (TPSA) is 114 Å². The predicted octanol–water partition coefficient (Wildman–Crippen LogP) is 2.16. The van der Waals surface area contributed by atoms with Crippen LogP contribution in [0.4, 0.5) is 5.69 Å². The second kappa shape index (κ2) is 8.53. The maximum absolute atomic E-state index is 13.0. The van der Waals surface area contributed by atoms with Crippen molar-refractivity contribution < 1.29 is 17.6 Å². The summed E-state index contributed by atoms with van der Waals surface area (Å²) in [4.78, 5) is 27.2. The monoisotopic (exact) mass is 458 g/mol. The lowest BCUT2D eigenvalue weighted by molar-refractivity contribution is 0.102. The van der Waals surface area contributed by atoms with E-state index in [0.29, 0.717) is 35.4 Å². The number of hydrogen-bond donors (Lipinski definition) is 2. The minimum Gasteiger partial charge on any atom is -0.408 e. The van der Waals surface area contributed by atoms with E-state index in [1.165, 1.54) is 16.7 Å². The van der Waals surface area contributed by atoms with Crippen LogP contribution in [0, 0.1) is 6.92 Å². The van der Waals surface area contributed by atoms with Crippen molar-refractivity contribution in [3.63, 3.8) is 0 Å². The molecule has 170 valence electrons. The third-order valence-corrected chi connectivity index (χ3v) is 6.88. The molecule has 9 nitrogen and oxygen atoms in total. The van der Waals surface area contributed by atoms with Gasteiger partial charge in [0.15, 0.2) is 5.58 Å². The number of aryl methyl sites for hydroxylation is 1. The average Bonchev–Trinajstić information content (AvgIpc) is 3.46. The van der Waals surface area contributed by atoms with Gasteiger partial charge in [0.1, 0.15) is 0 Å². The highest BCUT2D eigenvalue weighted by Crippen LogP contribution is 2.24. The summed E-state index contributed by atoms with van der Waals surface area (Å²) in [6.45, 7) is 2.85. The highest BCUT2D eigenvalue weighted by Gasteiger charge is 2.28. The van der Waals surface area contributed by atoms with Gasteiger partial charge in [0.05, 0.1) is 10.4 Å². The molecule has 1 saturated carbocycles. The molecule has 1 aromatic heterocycles. The zero-order chi connectivity index (χ0) is 23.0. The Balaban J connectivity index is 1.60. The number of aromatic nitrogens is 1. The van der Waals surface area contributed by atoms with Crippen molar-refractivity contribution in [1.82, 2.24) is 14.2 Å². The third kappa shape index (κ3) is 4.77. The first kappa shape index (κ1) is 22.3. The van der Waals surface area contributed by atoms with E-state index in [1.54, 1.807) is 31.2 Å². The molecule has 2 N–H and O–H groups in total. The first-order valence-electron chi connectivity index (χ1n) is 10.4. The number of carbonyl (C=O) groups excluding carboxylic acids is 1. The number of anilines is 1. The first-order valence-corrected chi connectivity index (χ1v) is 11.8. The number of fused-ring (bicyclic) bond motifs is 1. The predicted molar refractivity (Wildman–Crippen MR) is 122 cm³/mol. The number of sulfonamides is 1. The first-order chi connectivity index (χ1) is 15.1. The quantitative estimate of drug-likeness (QED) is 0.535. The molecule has 1 aliphatic carbocycles. The summed E-state index contributed by atoms with van der Waals surface area (Å²) >= 11 is 0. The molecular formula is C22H26N4O5S. The molecule has 1 fully saturated rings. The Labute approximate surface area is 186 Å². The maximum atomic E-state index is 13.0. The molecule has 3 aromatic rings. The van der Waals surface area contributed by atoms with E-state index in [-0.39, 0.29) is 16.5 Å². The molecule has 0 saturated heterocycles. The van der Waals surface area contributed by atoms with Crippen molar-refractivity contribution in [3.8, 4) is 0 Å². The summed E-state index contributed by atoms with van der Waals surface area (Å²) in [6.07, 6.45) is 1.66. The minimum atomic E-state index is -3.67. The molecular weight excluding hydrogens is 432 g/mol. The number of nitrogens with zero attached hydrogens (tertiary/aromatic N) is 2. The van der Waals surface area contributed by atoms with Gasteiger partial charge < -0.3 is 14.6 Å². The van der Waals surface area contributed by atoms with Gasteiger partial charge in [-0.15, -0.1) is 0 Å². The Bertz CT molecular complexity index is 1340. The molecule has 0 atom stereocenters. The number of benzene rings is 2. The Hall–Kier alpha value is -2.95. The molecule has 0 radical (unpaired) electrons. The smallest absolute Gasteiger partial charge is 0.408 e. The lowest BCUT2D eigenvalue weighted by atomic mass is 10.1. The molecule has 1 amide bonds. The van der Waals surface area contributed by atoms with Crippen LogP contribution in [0.25, 0.3) is 11.1 Å². The van der Waals surface area contributed by atoms with Gasteiger partial charge in [-0.1, -0.05) is 6.07 Å². The number of hydrogen-bond acceptors (Lipinski definition) is 6. The van der Waals surface area contributed by atoms with Gasteiger partial charge in [-0.2, -0.15) is 0 Å². The summed E-state index contributed by atoms with van der Waals surface area (Å²) in [5, 5.41) is 2.80. The van der Waals surface area contributed by atoms with Crippen LogP contribution in [0.5, 0.6) is 0 Å². The summed E-state index contributed by atoms with van der Waals surface area (Å²) in [5.74, 6) is -0.891.